The van der Waals surface area contributed by atoms with Crippen LogP contribution in [0.15, 0.2) is 42.7 Å². The van der Waals surface area contributed by atoms with E-state index in [1.807, 2.05) is 16.8 Å². The molecule has 4 fully saturated rings. The van der Waals surface area contributed by atoms with Crippen molar-refractivity contribution in [3.63, 3.8) is 0 Å². The standard InChI is InChI=1S/C22H25N4O3/c27-22(18-2-4-19(5-3-18)26(28)29)14-24-7-1-6-23-20(24)25(22)21-11-15-8-16(12-21)10-17(9-15)13-21/h1-7,15-17,27H,8-14H2/q+1. The molecule has 7 rings (SSSR count). The lowest BCUT2D eigenvalue weighted by Crippen LogP contribution is -2.65. The fourth-order valence-corrected chi connectivity index (χ4v) is 7.19. The van der Waals surface area contributed by atoms with Crippen molar-refractivity contribution in [2.75, 3.05) is 4.90 Å². The summed E-state index contributed by atoms with van der Waals surface area (Å²) in [5.41, 5.74) is -0.593. The summed E-state index contributed by atoms with van der Waals surface area (Å²) in [5, 5.41) is 23.2. The summed E-state index contributed by atoms with van der Waals surface area (Å²) in [6.07, 6.45) is 11.0. The Bertz CT molecular complexity index is 957. The molecule has 5 aliphatic rings. The van der Waals surface area contributed by atoms with E-state index >= 15 is 0 Å². The largest absolute Gasteiger partial charge is 0.397 e. The van der Waals surface area contributed by atoms with E-state index in [2.05, 4.69) is 9.88 Å². The minimum Gasteiger partial charge on any atom is -0.353 e. The highest BCUT2D eigenvalue weighted by molar-refractivity contribution is 5.46. The first-order chi connectivity index (χ1) is 14.0. The second kappa shape index (κ2) is 5.75. The Balaban J connectivity index is 1.49. The number of fused-ring (bicyclic) bond motifs is 1. The zero-order valence-electron chi connectivity index (χ0n) is 16.3. The van der Waals surface area contributed by atoms with E-state index in [1.54, 1.807) is 18.3 Å². The highest BCUT2D eigenvalue weighted by Crippen LogP contribution is 2.60. The van der Waals surface area contributed by atoms with Crippen LogP contribution in [0.1, 0.15) is 44.1 Å². The fourth-order valence-electron chi connectivity index (χ4n) is 7.19. The number of nitrogens with zero attached hydrogens (tertiary/aromatic N) is 4. The van der Waals surface area contributed by atoms with E-state index in [4.69, 9.17) is 0 Å². The van der Waals surface area contributed by atoms with Crippen LogP contribution in [-0.4, -0.2) is 20.6 Å². The quantitative estimate of drug-likeness (QED) is 0.492. The summed E-state index contributed by atoms with van der Waals surface area (Å²) < 4.78 is 2.03. The first kappa shape index (κ1) is 17.3. The molecule has 1 atom stereocenters. The minimum atomic E-state index is -1.25. The first-order valence-corrected chi connectivity index (χ1v) is 10.6. The zero-order chi connectivity index (χ0) is 19.8. The molecule has 0 spiro atoms. The van der Waals surface area contributed by atoms with Crippen molar-refractivity contribution in [2.45, 2.75) is 56.3 Å². The fraction of sp³-hybridized carbons (Fsp3) is 0.545. The summed E-state index contributed by atoms with van der Waals surface area (Å²) in [7, 11) is 0. The molecular formula is C22H25N4O3+. The maximum Gasteiger partial charge on any atom is 0.397 e. The highest BCUT2D eigenvalue weighted by atomic mass is 16.6. The Morgan fingerprint density at radius 3 is 2.31 bits per heavy atom. The van der Waals surface area contributed by atoms with Gasteiger partial charge in [0, 0.05) is 23.8 Å². The predicted octanol–water partition coefficient (Wildman–Crippen LogP) is 2.91. The third-order valence-electron chi connectivity index (χ3n) is 7.78. The Labute approximate surface area is 169 Å². The molecule has 2 heterocycles. The van der Waals surface area contributed by atoms with Gasteiger partial charge >= 0.3 is 5.95 Å². The lowest BCUT2D eigenvalue weighted by Gasteiger charge is -2.59. The van der Waals surface area contributed by atoms with Crippen LogP contribution in [0.3, 0.4) is 0 Å². The minimum absolute atomic E-state index is 0.0417. The van der Waals surface area contributed by atoms with Crippen molar-refractivity contribution in [1.82, 2.24) is 4.98 Å². The van der Waals surface area contributed by atoms with Gasteiger partial charge in [-0.15, -0.1) is 0 Å². The van der Waals surface area contributed by atoms with Crippen molar-refractivity contribution >= 4 is 11.6 Å². The van der Waals surface area contributed by atoms with Gasteiger partial charge in [-0.1, -0.05) is 4.98 Å². The topological polar surface area (TPSA) is 83.4 Å². The van der Waals surface area contributed by atoms with Gasteiger partial charge in [0.05, 0.1) is 16.7 Å². The molecule has 7 nitrogen and oxygen atoms in total. The first-order valence-electron chi connectivity index (χ1n) is 10.6. The van der Waals surface area contributed by atoms with Crippen LogP contribution in [-0.2, 0) is 12.3 Å². The van der Waals surface area contributed by atoms with Crippen LogP contribution in [0.5, 0.6) is 0 Å². The predicted molar refractivity (Wildman–Crippen MR) is 105 cm³/mol. The van der Waals surface area contributed by atoms with Crippen molar-refractivity contribution in [3.8, 4) is 0 Å². The van der Waals surface area contributed by atoms with Crippen molar-refractivity contribution < 1.29 is 14.6 Å². The Hall–Kier alpha value is -2.54. The van der Waals surface area contributed by atoms with E-state index in [9.17, 15) is 15.2 Å². The third kappa shape index (κ3) is 2.40. The second-order valence-electron chi connectivity index (χ2n) is 9.65. The van der Waals surface area contributed by atoms with Crippen LogP contribution in [0, 0.1) is 27.9 Å². The number of aromatic nitrogens is 2. The summed E-state index contributed by atoms with van der Waals surface area (Å²) in [6.45, 7) is 0.385. The molecule has 1 aliphatic heterocycles. The number of non-ortho nitro benzene ring substituents is 1. The molecule has 0 radical (unpaired) electrons. The van der Waals surface area contributed by atoms with Gasteiger partial charge in [-0.05, 0) is 68.4 Å². The maximum absolute atomic E-state index is 12.1. The van der Waals surface area contributed by atoms with Gasteiger partial charge in [0.1, 0.15) is 12.7 Å². The van der Waals surface area contributed by atoms with E-state index in [0.717, 1.165) is 43.0 Å². The SMILES string of the molecule is O=[N+]([O-])c1ccc(C2(O)C[n+]3cccnc3N2C23CC4CC(CC(C4)C2)C3)cc1. The second-order valence-corrected chi connectivity index (χ2v) is 9.65. The number of hydrogen-bond acceptors (Lipinski definition) is 5. The Kier molecular flexibility index (Phi) is 3.44. The average molecular weight is 393 g/mol. The molecule has 7 heteroatoms. The van der Waals surface area contributed by atoms with Crippen molar-refractivity contribution in [1.29, 1.82) is 0 Å². The molecule has 1 aromatic carbocycles. The van der Waals surface area contributed by atoms with Crippen LogP contribution < -0.4 is 9.47 Å². The molecule has 4 saturated carbocycles. The number of nitro benzene ring substituents is 1. The lowest BCUT2D eigenvalue weighted by atomic mass is 9.52. The number of anilines is 1. The smallest absolute Gasteiger partial charge is 0.353 e. The normalized spacial score (nSPS) is 37.0. The molecule has 4 bridgehead atoms. The molecular weight excluding hydrogens is 368 g/mol. The van der Waals surface area contributed by atoms with Gasteiger partial charge in [-0.3, -0.25) is 10.1 Å². The maximum atomic E-state index is 12.1. The number of rotatable bonds is 3. The van der Waals surface area contributed by atoms with Gasteiger partial charge in [-0.2, -0.15) is 0 Å². The highest BCUT2D eigenvalue weighted by Gasteiger charge is 2.65. The molecule has 1 N–H and O–H groups in total. The third-order valence-corrected chi connectivity index (χ3v) is 7.78. The average Bonchev–Trinajstić information content (AvgIpc) is 3.01. The van der Waals surface area contributed by atoms with Gasteiger partial charge in [0.15, 0.2) is 0 Å². The van der Waals surface area contributed by atoms with Crippen LogP contribution >= 0.6 is 0 Å². The summed E-state index contributed by atoms with van der Waals surface area (Å²) >= 11 is 0. The van der Waals surface area contributed by atoms with Crippen molar-refractivity contribution in [3.05, 3.63) is 58.4 Å². The zero-order valence-corrected chi connectivity index (χ0v) is 16.3. The molecule has 0 saturated heterocycles. The van der Waals surface area contributed by atoms with Gasteiger partial charge in [0.25, 0.3) is 5.69 Å². The van der Waals surface area contributed by atoms with Gasteiger partial charge in [0.2, 0.25) is 5.72 Å². The molecule has 1 aromatic heterocycles. The molecule has 0 amide bonds. The lowest BCUT2D eigenvalue weighted by molar-refractivity contribution is -0.685. The summed E-state index contributed by atoms with van der Waals surface area (Å²) in [5.74, 6) is 3.02. The van der Waals surface area contributed by atoms with Crippen LogP contribution in [0.4, 0.5) is 11.6 Å². The molecule has 4 aliphatic carbocycles. The van der Waals surface area contributed by atoms with E-state index in [-0.39, 0.29) is 11.2 Å². The number of benzene rings is 1. The molecule has 150 valence electrons. The van der Waals surface area contributed by atoms with Gasteiger partial charge < -0.3 is 5.11 Å². The van der Waals surface area contributed by atoms with E-state index in [1.165, 1.54) is 31.4 Å². The van der Waals surface area contributed by atoms with E-state index < -0.39 is 10.6 Å². The molecule has 2 aromatic rings. The van der Waals surface area contributed by atoms with E-state index in [0.29, 0.717) is 12.1 Å². The molecule has 1 unspecified atom stereocenters. The summed E-state index contributed by atoms with van der Waals surface area (Å²) in [6, 6.07) is 8.29. The molecule has 29 heavy (non-hydrogen) atoms. The number of hydrogen-bond donors (Lipinski definition) is 1. The monoisotopic (exact) mass is 393 g/mol. The number of aliphatic hydroxyl groups is 1. The van der Waals surface area contributed by atoms with Gasteiger partial charge in [-0.25, -0.2) is 9.47 Å². The van der Waals surface area contributed by atoms with Crippen molar-refractivity contribution in [2.24, 2.45) is 17.8 Å². The summed E-state index contributed by atoms with van der Waals surface area (Å²) in [4.78, 5) is 17.6. The Morgan fingerprint density at radius 1 is 1.10 bits per heavy atom. The number of nitro groups is 1. The van der Waals surface area contributed by atoms with Crippen LogP contribution in [0.2, 0.25) is 0 Å². The Morgan fingerprint density at radius 2 is 1.72 bits per heavy atom. The van der Waals surface area contributed by atoms with Crippen LogP contribution in [0.25, 0.3) is 0 Å².